The van der Waals surface area contributed by atoms with Gasteiger partial charge >= 0.3 is 7.12 Å². The van der Waals surface area contributed by atoms with E-state index in [2.05, 4.69) is 4.98 Å². The van der Waals surface area contributed by atoms with Crippen LogP contribution in [0.4, 0.5) is 0 Å². The first-order valence-electron chi connectivity index (χ1n) is 7.42. The molecule has 1 fully saturated rings. The van der Waals surface area contributed by atoms with Gasteiger partial charge in [0.1, 0.15) is 5.60 Å². The Balaban J connectivity index is 2.38. The molecule has 0 aromatic carbocycles. The molecule has 4 nitrogen and oxygen atoms in total. The van der Waals surface area contributed by atoms with E-state index in [-0.39, 0.29) is 16.8 Å². The van der Waals surface area contributed by atoms with Crippen molar-refractivity contribution >= 4 is 12.6 Å². The molecular weight excluding hydrogens is 265 g/mol. The summed E-state index contributed by atoms with van der Waals surface area (Å²) in [5.41, 5.74) is 0.839. The lowest BCUT2D eigenvalue weighted by Crippen LogP contribution is -2.41. The fourth-order valence-corrected chi connectivity index (χ4v) is 2.09. The molecule has 0 unspecified atom stereocenters. The van der Waals surface area contributed by atoms with Crippen LogP contribution in [0.25, 0.3) is 0 Å². The van der Waals surface area contributed by atoms with Gasteiger partial charge in [0.05, 0.1) is 11.2 Å². The van der Waals surface area contributed by atoms with E-state index in [1.54, 1.807) is 6.20 Å². The summed E-state index contributed by atoms with van der Waals surface area (Å²) in [6.45, 7) is 16.2. The predicted octanol–water partition coefficient (Wildman–Crippen LogP) is 2.87. The van der Waals surface area contributed by atoms with Gasteiger partial charge in [-0.05, 0) is 61.0 Å². The highest BCUT2D eigenvalue weighted by Crippen LogP contribution is 2.37. The van der Waals surface area contributed by atoms with Crippen LogP contribution in [-0.4, -0.2) is 28.9 Å². The van der Waals surface area contributed by atoms with Gasteiger partial charge in [0.15, 0.2) is 0 Å². The third-order valence-electron chi connectivity index (χ3n) is 3.93. The van der Waals surface area contributed by atoms with Crippen molar-refractivity contribution in [1.82, 2.24) is 4.98 Å². The van der Waals surface area contributed by atoms with E-state index in [1.807, 2.05) is 61.5 Å². The zero-order chi connectivity index (χ0) is 16.1. The number of aromatic nitrogens is 1. The van der Waals surface area contributed by atoms with Crippen molar-refractivity contribution in [3.63, 3.8) is 0 Å². The molecule has 21 heavy (non-hydrogen) atoms. The zero-order valence-electron chi connectivity index (χ0n) is 14.4. The van der Waals surface area contributed by atoms with Crippen molar-refractivity contribution in [2.45, 2.75) is 72.2 Å². The smallest absolute Gasteiger partial charge is 0.472 e. The molecule has 0 saturated carbocycles. The normalized spacial score (nSPS) is 20.7. The average molecular weight is 291 g/mol. The number of hydrogen-bond acceptors (Lipinski definition) is 4. The van der Waals surface area contributed by atoms with Crippen molar-refractivity contribution in [3.8, 4) is 5.88 Å². The molecule has 1 aliphatic heterocycles. The van der Waals surface area contributed by atoms with Gasteiger partial charge in [-0.15, -0.1) is 0 Å². The molecule has 1 aliphatic rings. The third-order valence-corrected chi connectivity index (χ3v) is 3.93. The van der Waals surface area contributed by atoms with Crippen LogP contribution >= 0.6 is 0 Å². The maximum Gasteiger partial charge on any atom is 0.500 e. The summed E-state index contributed by atoms with van der Waals surface area (Å²) in [4.78, 5) is 4.42. The van der Waals surface area contributed by atoms with Crippen LogP contribution in [0.1, 0.15) is 54.0 Å². The van der Waals surface area contributed by atoms with Crippen molar-refractivity contribution < 1.29 is 14.0 Å². The minimum Gasteiger partial charge on any atom is -0.472 e. The van der Waals surface area contributed by atoms with E-state index in [0.717, 1.165) is 11.0 Å². The molecule has 2 rings (SSSR count). The summed E-state index contributed by atoms with van der Waals surface area (Å²) < 4.78 is 18.2. The molecule has 0 spiro atoms. The van der Waals surface area contributed by atoms with Crippen molar-refractivity contribution in [3.05, 3.63) is 17.8 Å². The Hall–Kier alpha value is -1.07. The zero-order valence-corrected chi connectivity index (χ0v) is 14.4. The molecule has 2 heterocycles. The summed E-state index contributed by atoms with van der Waals surface area (Å²) in [6.07, 6.45) is 1.80. The molecule has 0 atom stereocenters. The van der Waals surface area contributed by atoms with Gasteiger partial charge in [0.25, 0.3) is 0 Å². The molecule has 5 heteroatoms. The molecule has 0 radical (unpaired) electrons. The Morgan fingerprint density at radius 1 is 1.10 bits per heavy atom. The molecule has 1 aromatic heterocycles. The molecule has 1 saturated heterocycles. The highest BCUT2D eigenvalue weighted by Gasteiger charge is 2.52. The van der Waals surface area contributed by atoms with Gasteiger partial charge in [-0.25, -0.2) is 4.98 Å². The molecule has 1 aromatic rings. The number of aryl methyl sites for hydroxylation is 1. The summed E-state index contributed by atoms with van der Waals surface area (Å²) >= 11 is 0. The minimum atomic E-state index is -0.459. The van der Waals surface area contributed by atoms with Gasteiger partial charge in [0.2, 0.25) is 5.88 Å². The third kappa shape index (κ3) is 3.41. The second kappa shape index (κ2) is 4.99. The highest BCUT2D eigenvalue weighted by molar-refractivity contribution is 6.63. The van der Waals surface area contributed by atoms with Gasteiger partial charge in [-0.3, -0.25) is 0 Å². The first-order valence-corrected chi connectivity index (χ1v) is 7.42. The Morgan fingerprint density at radius 3 is 2.10 bits per heavy atom. The Labute approximate surface area is 128 Å². The van der Waals surface area contributed by atoms with Crippen LogP contribution in [0.2, 0.25) is 0 Å². The monoisotopic (exact) mass is 291 g/mol. The van der Waals surface area contributed by atoms with Gasteiger partial charge < -0.3 is 14.0 Å². The molecule has 0 N–H and O–H groups in total. The lowest BCUT2D eigenvalue weighted by atomic mass is 9.79. The summed E-state index contributed by atoms with van der Waals surface area (Å²) in [5, 5.41) is 0. The van der Waals surface area contributed by atoms with Crippen LogP contribution in [-0.2, 0) is 9.31 Å². The molecule has 116 valence electrons. The number of nitrogens with zero attached hydrogens (tertiary/aromatic N) is 1. The van der Waals surface area contributed by atoms with Crippen LogP contribution < -0.4 is 10.2 Å². The van der Waals surface area contributed by atoms with Crippen LogP contribution in [0.3, 0.4) is 0 Å². The first kappa shape index (κ1) is 16.3. The number of rotatable bonds is 2. The van der Waals surface area contributed by atoms with E-state index >= 15 is 0 Å². The molecule has 0 amide bonds. The average Bonchev–Trinajstić information content (AvgIpc) is 2.49. The largest absolute Gasteiger partial charge is 0.500 e. The molecule has 0 bridgehead atoms. The maximum atomic E-state index is 6.12. The first-order chi connectivity index (χ1) is 9.41. The van der Waals surface area contributed by atoms with E-state index in [0.29, 0.717) is 5.88 Å². The minimum absolute atomic E-state index is 0.319. The highest BCUT2D eigenvalue weighted by atomic mass is 16.7. The van der Waals surface area contributed by atoms with Gasteiger partial charge in [-0.1, -0.05) is 6.07 Å². The van der Waals surface area contributed by atoms with Crippen LogP contribution in [0, 0.1) is 6.92 Å². The second-order valence-corrected chi connectivity index (χ2v) is 7.71. The fourth-order valence-electron chi connectivity index (χ4n) is 2.09. The summed E-state index contributed by atoms with van der Waals surface area (Å²) in [7, 11) is -0.459. The predicted molar refractivity (Wildman–Crippen MR) is 85.1 cm³/mol. The Bertz CT molecular complexity index is 519. The summed E-state index contributed by atoms with van der Waals surface area (Å²) in [6, 6.07) is 2.02. The summed E-state index contributed by atoms with van der Waals surface area (Å²) in [5.74, 6) is 0.576. The van der Waals surface area contributed by atoms with E-state index in [1.165, 1.54) is 0 Å². The van der Waals surface area contributed by atoms with E-state index < -0.39 is 7.12 Å². The van der Waals surface area contributed by atoms with Crippen LogP contribution in [0.5, 0.6) is 5.88 Å². The van der Waals surface area contributed by atoms with Crippen molar-refractivity contribution in [2.75, 3.05) is 0 Å². The number of pyridine rings is 1. The second-order valence-electron chi connectivity index (χ2n) is 7.71. The molecule has 0 aliphatic carbocycles. The lowest BCUT2D eigenvalue weighted by Gasteiger charge is -2.32. The van der Waals surface area contributed by atoms with Crippen LogP contribution in [0.15, 0.2) is 12.3 Å². The van der Waals surface area contributed by atoms with Gasteiger partial charge in [0, 0.05) is 11.7 Å². The lowest BCUT2D eigenvalue weighted by molar-refractivity contribution is 0.00578. The Kier molecular flexibility index (Phi) is 3.88. The molecular formula is C16H26BNO3. The fraction of sp³-hybridized carbons (Fsp3) is 0.688. The van der Waals surface area contributed by atoms with Gasteiger partial charge in [-0.2, -0.15) is 0 Å². The van der Waals surface area contributed by atoms with Crippen molar-refractivity contribution in [2.24, 2.45) is 0 Å². The Morgan fingerprint density at radius 2 is 1.62 bits per heavy atom. The number of ether oxygens (including phenoxy) is 1. The van der Waals surface area contributed by atoms with Crippen molar-refractivity contribution in [1.29, 1.82) is 0 Å². The maximum absolute atomic E-state index is 6.12. The topological polar surface area (TPSA) is 40.6 Å². The SMILES string of the molecule is Cc1cnc(OC(C)(C)C)c(B2OC(C)(C)C(C)(C)O2)c1. The standard InChI is InChI=1S/C16H26BNO3/c1-11-9-12(13(18-10-11)19-14(2,3)4)17-20-15(5,6)16(7,8)21-17/h9-10H,1-8H3. The number of hydrogen-bond donors (Lipinski definition) is 0. The van der Waals surface area contributed by atoms with E-state index in [4.69, 9.17) is 14.0 Å². The van der Waals surface area contributed by atoms with E-state index in [9.17, 15) is 0 Å². The quantitative estimate of drug-likeness (QED) is 0.786.